The highest BCUT2D eigenvalue weighted by atomic mass is 32.2. The first kappa shape index (κ1) is 21.8. The van der Waals surface area contributed by atoms with Crippen LogP contribution in [0.5, 0.6) is 11.5 Å². The van der Waals surface area contributed by atoms with E-state index in [1.165, 1.54) is 11.8 Å². The van der Waals surface area contributed by atoms with E-state index in [9.17, 15) is 4.79 Å². The molecule has 1 amide bonds. The maximum Gasteiger partial charge on any atom is 0.240 e. The van der Waals surface area contributed by atoms with Crippen LogP contribution < -0.4 is 20.2 Å². The summed E-state index contributed by atoms with van der Waals surface area (Å²) in [5.74, 6) is 1.81. The van der Waals surface area contributed by atoms with Crippen molar-refractivity contribution in [2.24, 2.45) is 0 Å². The number of hydrogen-bond acceptors (Lipinski definition) is 7. The summed E-state index contributed by atoms with van der Waals surface area (Å²) in [6, 6.07) is 26.4. The van der Waals surface area contributed by atoms with Crippen LogP contribution in [0.2, 0.25) is 0 Å². The summed E-state index contributed by atoms with van der Waals surface area (Å²) >= 11 is 1.36. The Bertz CT molecular complexity index is 1270. The maximum absolute atomic E-state index is 13.4. The van der Waals surface area contributed by atoms with Gasteiger partial charge in [-0.05, 0) is 29.8 Å². The third-order valence-electron chi connectivity index (χ3n) is 5.40. The van der Waals surface area contributed by atoms with E-state index >= 15 is 0 Å². The number of amides is 1. The smallest absolute Gasteiger partial charge is 0.240 e. The lowest BCUT2D eigenvalue weighted by atomic mass is 10.0. The molecule has 0 saturated heterocycles. The average Bonchev–Trinajstić information content (AvgIpc) is 3.30. The summed E-state index contributed by atoms with van der Waals surface area (Å²) in [6.07, 6.45) is 0. The zero-order valence-electron chi connectivity index (χ0n) is 18.4. The van der Waals surface area contributed by atoms with Crippen molar-refractivity contribution in [1.29, 1.82) is 0 Å². The topological polar surface area (TPSA) is 90.3 Å². The van der Waals surface area contributed by atoms with Gasteiger partial charge >= 0.3 is 0 Å². The van der Waals surface area contributed by atoms with Gasteiger partial charge < -0.3 is 20.2 Å². The van der Waals surface area contributed by atoms with Crippen molar-refractivity contribution >= 4 is 23.4 Å². The second-order valence-corrected chi connectivity index (χ2v) is 8.69. The summed E-state index contributed by atoms with van der Waals surface area (Å²) in [7, 11) is 1.58. The minimum absolute atomic E-state index is 0.160. The molecule has 2 atom stereocenters. The highest BCUT2D eigenvalue weighted by Crippen LogP contribution is 2.38. The molecule has 1 aliphatic rings. The van der Waals surface area contributed by atoms with Gasteiger partial charge in [-0.25, -0.2) is 4.68 Å². The molecule has 1 aromatic heterocycles. The second kappa shape index (κ2) is 9.88. The lowest BCUT2D eigenvalue weighted by Crippen LogP contribution is -2.41. The molecule has 0 saturated carbocycles. The van der Waals surface area contributed by atoms with E-state index in [0.717, 1.165) is 11.3 Å². The number of anilines is 1. The van der Waals surface area contributed by atoms with Gasteiger partial charge in [0.15, 0.2) is 5.82 Å². The van der Waals surface area contributed by atoms with Gasteiger partial charge in [-0.15, -0.1) is 10.2 Å². The van der Waals surface area contributed by atoms with Crippen molar-refractivity contribution < 1.29 is 14.3 Å². The Morgan fingerprint density at radius 3 is 2.47 bits per heavy atom. The van der Waals surface area contributed by atoms with Crippen molar-refractivity contribution in [2.75, 3.05) is 17.9 Å². The Kier molecular flexibility index (Phi) is 6.35. The number of benzene rings is 3. The molecule has 2 N–H and O–H groups in total. The van der Waals surface area contributed by atoms with Gasteiger partial charge in [-0.1, -0.05) is 72.4 Å². The molecule has 4 aromatic rings. The van der Waals surface area contributed by atoms with E-state index in [2.05, 4.69) is 20.9 Å². The molecule has 8 nitrogen and oxygen atoms in total. The Morgan fingerprint density at radius 2 is 1.71 bits per heavy atom. The number of thioether (sulfide) groups is 1. The first-order valence-corrected chi connectivity index (χ1v) is 11.6. The van der Waals surface area contributed by atoms with Crippen molar-refractivity contribution in [3.63, 3.8) is 0 Å². The van der Waals surface area contributed by atoms with E-state index < -0.39 is 5.25 Å². The van der Waals surface area contributed by atoms with Crippen LogP contribution in [0.25, 0.3) is 0 Å². The standard InChI is InChI=1S/C25H23N5O3S/c1-32-20-15-9-8-14-19(20)26-24(31)23-22(17-10-4-2-5-11-17)29-30-21(27-28-25(30)34-23)16-33-18-12-6-3-7-13-18/h2-15,22-23,29H,16H2,1H3,(H,26,31). The first-order valence-electron chi connectivity index (χ1n) is 10.8. The van der Waals surface area contributed by atoms with E-state index in [1.54, 1.807) is 11.8 Å². The molecule has 2 heterocycles. The van der Waals surface area contributed by atoms with Crippen LogP contribution in [0.4, 0.5) is 5.69 Å². The first-order chi connectivity index (χ1) is 16.7. The van der Waals surface area contributed by atoms with Gasteiger partial charge in [0, 0.05) is 0 Å². The number of fused-ring (bicyclic) bond motifs is 1. The van der Waals surface area contributed by atoms with Crippen LogP contribution in [-0.4, -0.2) is 33.1 Å². The summed E-state index contributed by atoms with van der Waals surface area (Å²) in [5.41, 5.74) is 5.04. The number of aromatic nitrogens is 3. The van der Waals surface area contributed by atoms with Crippen LogP contribution in [-0.2, 0) is 11.4 Å². The molecule has 3 aromatic carbocycles. The van der Waals surface area contributed by atoms with Gasteiger partial charge in [0.1, 0.15) is 23.4 Å². The molecule has 0 radical (unpaired) electrons. The number of hydrogen-bond donors (Lipinski definition) is 2. The van der Waals surface area contributed by atoms with Crippen LogP contribution in [0.3, 0.4) is 0 Å². The van der Waals surface area contributed by atoms with Gasteiger partial charge in [-0.3, -0.25) is 4.79 Å². The summed E-state index contributed by atoms with van der Waals surface area (Å²) in [5, 5.41) is 11.7. The minimum atomic E-state index is -0.494. The number of carbonyl (C=O) groups excluding carboxylic acids is 1. The molecule has 0 aliphatic carbocycles. The number of nitrogens with one attached hydrogen (secondary N) is 2. The lowest BCUT2D eigenvalue weighted by molar-refractivity contribution is -0.116. The number of nitrogens with zero attached hydrogens (tertiary/aromatic N) is 3. The number of rotatable bonds is 7. The predicted octanol–water partition coefficient (Wildman–Crippen LogP) is 4.26. The molecule has 2 unspecified atom stereocenters. The SMILES string of the molecule is COc1ccccc1NC(=O)C1Sc2nnc(COc3ccccc3)n2NC1c1ccccc1. The number of ether oxygens (including phenoxy) is 2. The maximum atomic E-state index is 13.4. The Labute approximate surface area is 201 Å². The fraction of sp³-hybridized carbons (Fsp3) is 0.160. The molecule has 0 bridgehead atoms. The molecule has 0 spiro atoms. The third-order valence-corrected chi connectivity index (χ3v) is 6.61. The summed E-state index contributed by atoms with van der Waals surface area (Å²) in [6.45, 7) is 0.240. The second-order valence-electron chi connectivity index (χ2n) is 7.58. The number of carbonyl (C=O) groups is 1. The van der Waals surface area contributed by atoms with Crippen molar-refractivity contribution in [3.8, 4) is 11.5 Å². The van der Waals surface area contributed by atoms with Crippen LogP contribution in [0, 0.1) is 0 Å². The molecule has 34 heavy (non-hydrogen) atoms. The molecule has 9 heteroatoms. The minimum Gasteiger partial charge on any atom is -0.495 e. The average molecular weight is 474 g/mol. The molecule has 1 aliphatic heterocycles. The molecule has 172 valence electrons. The Balaban J connectivity index is 1.41. The molecular formula is C25H23N5O3S. The van der Waals surface area contributed by atoms with Gasteiger partial charge in [0.25, 0.3) is 0 Å². The Morgan fingerprint density at radius 1 is 1.00 bits per heavy atom. The Hall–Kier alpha value is -3.98. The van der Waals surface area contributed by atoms with Crippen LogP contribution in [0.1, 0.15) is 17.4 Å². The monoisotopic (exact) mass is 473 g/mol. The highest BCUT2D eigenvalue weighted by molar-refractivity contribution is 8.00. The normalized spacial score (nSPS) is 16.7. The zero-order chi connectivity index (χ0) is 23.3. The van der Waals surface area contributed by atoms with Gasteiger partial charge in [-0.2, -0.15) is 0 Å². The molecule has 5 rings (SSSR count). The van der Waals surface area contributed by atoms with Crippen molar-refractivity contribution in [3.05, 3.63) is 96.3 Å². The van der Waals surface area contributed by atoms with E-state index in [-0.39, 0.29) is 18.6 Å². The molecular weight excluding hydrogens is 450 g/mol. The lowest BCUT2D eigenvalue weighted by Gasteiger charge is -2.33. The van der Waals surface area contributed by atoms with Crippen LogP contribution in [0.15, 0.2) is 90.1 Å². The third kappa shape index (κ3) is 4.55. The summed E-state index contributed by atoms with van der Waals surface area (Å²) < 4.78 is 13.1. The number of methoxy groups -OCH3 is 1. The van der Waals surface area contributed by atoms with E-state index in [4.69, 9.17) is 9.47 Å². The van der Waals surface area contributed by atoms with E-state index in [0.29, 0.717) is 22.4 Å². The fourth-order valence-electron chi connectivity index (χ4n) is 3.72. The van der Waals surface area contributed by atoms with Crippen molar-refractivity contribution in [1.82, 2.24) is 14.9 Å². The zero-order valence-corrected chi connectivity index (χ0v) is 19.2. The predicted molar refractivity (Wildman–Crippen MR) is 131 cm³/mol. The van der Waals surface area contributed by atoms with Gasteiger partial charge in [0.2, 0.25) is 11.1 Å². The fourth-order valence-corrected chi connectivity index (χ4v) is 4.82. The van der Waals surface area contributed by atoms with E-state index in [1.807, 2.05) is 84.9 Å². The quantitative estimate of drug-likeness (QED) is 0.414. The molecule has 0 fully saturated rings. The largest absolute Gasteiger partial charge is 0.495 e. The summed E-state index contributed by atoms with van der Waals surface area (Å²) in [4.78, 5) is 13.4. The van der Waals surface area contributed by atoms with Crippen LogP contribution >= 0.6 is 11.8 Å². The number of para-hydroxylation sites is 3. The van der Waals surface area contributed by atoms with Crippen molar-refractivity contribution in [2.45, 2.75) is 23.1 Å². The highest BCUT2D eigenvalue weighted by Gasteiger charge is 2.38. The van der Waals surface area contributed by atoms with Gasteiger partial charge in [0.05, 0.1) is 18.8 Å².